The number of allylic oxidation sites excluding steroid dienone is 11. The molecule has 0 heterocycles. The van der Waals surface area contributed by atoms with Crippen molar-refractivity contribution in [1.29, 1.82) is 0 Å². The lowest BCUT2D eigenvalue weighted by Gasteiger charge is -2.24. The van der Waals surface area contributed by atoms with E-state index in [0.717, 1.165) is 77.0 Å². The van der Waals surface area contributed by atoms with E-state index in [2.05, 4.69) is 62.5 Å². The maximum Gasteiger partial charge on any atom is 0.472 e. The van der Waals surface area contributed by atoms with Gasteiger partial charge in [-0.25, -0.2) is 4.57 Å². The summed E-state index contributed by atoms with van der Waals surface area (Å²) in [7, 11) is 1.40. The Balaban J connectivity index is 4.54. The number of hydrogen-bond acceptors (Lipinski definition) is 8. The quantitative estimate of drug-likeness (QED) is 0.0206. The monoisotopic (exact) mass is 823 g/mol. The number of rotatable bonds is 38. The van der Waals surface area contributed by atoms with Crippen LogP contribution < -0.4 is 0 Å². The number of carbonyl (C=O) groups is 2. The molecule has 1 unspecified atom stereocenters. The molecular formula is C46H81NO9P+. The average Bonchev–Trinajstić information content (AvgIpc) is 3.16. The normalized spacial score (nSPS) is 14.9. The molecule has 10 nitrogen and oxygen atoms in total. The van der Waals surface area contributed by atoms with Gasteiger partial charge in [-0.15, -0.1) is 0 Å². The van der Waals surface area contributed by atoms with Gasteiger partial charge < -0.3 is 24.0 Å². The van der Waals surface area contributed by atoms with Gasteiger partial charge in [0.15, 0.2) is 6.10 Å². The Morgan fingerprint density at radius 2 is 1.12 bits per heavy atom. The Morgan fingerprint density at radius 1 is 0.614 bits per heavy atom. The molecule has 0 spiro atoms. The fourth-order valence-electron chi connectivity index (χ4n) is 5.29. The number of carbonyl (C=O) groups excluding carboxylic acids is 2. The molecular weight excluding hydrogens is 741 g/mol. The molecule has 0 rings (SSSR count). The van der Waals surface area contributed by atoms with Crippen LogP contribution in [0.15, 0.2) is 72.9 Å². The highest BCUT2D eigenvalue weighted by molar-refractivity contribution is 7.47. The molecule has 0 aliphatic carbocycles. The van der Waals surface area contributed by atoms with Gasteiger partial charge in [-0.05, 0) is 77.0 Å². The summed E-state index contributed by atoms with van der Waals surface area (Å²) < 4.78 is 34.2. The zero-order valence-corrected chi connectivity index (χ0v) is 37.3. The second-order valence-electron chi connectivity index (χ2n) is 15.5. The highest BCUT2D eigenvalue weighted by atomic mass is 31.2. The van der Waals surface area contributed by atoms with Gasteiger partial charge in [0.05, 0.1) is 33.9 Å². The van der Waals surface area contributed by atoms with E-state index in [0.29, 0.717) is 30.3 Å². The van der Waals surface area contributed by atoms with Gasteiger partial charge in [-0.1, -0.05) is 132 Å². The fraction of sp³-hybridized carbons (Fsp3) is 0.696. The van der Waals surface area contributed by atoms with E-state index in [1.165, 1.54) is 25.7 Å². The van der Waals surface area contributed by atoms with Crippen molar-refractivity contribution < 1.29 is 47.2 Å². The predicted octanol–water partition coefficient (Wildman–Crippen LogP) is 11.2. The third kappa shape index (κ3) is 41.4. The van der Waals surface area contributed by atoms with Crippen LogP contribution in [0.3, 0.4) is 0 Å². The maximum atomic E-state index is 12.7. The SMILES string of the molecule is CCCCC/C=C\C/C=C\CCCCCCCC(=O)OC[C@H](COP(=O)(O)OCC[N+](C)(C)C)OC(=O)CCC/C=C\C/C=C\C/C=C\C/C=C\[C@H](O)CCCC. The van der Waals surface area contributed by atoms with Crippen molar-refractivity contribution in [2.45, 2.75) is 161 Å². The number of ether oxygens (including phenoxy) is 2. The van der Waals surface area contributed by atoms with Crippen molar-refractivity contribution in [3.05, 3.63) is 72.9 Å². The summed E-state index contributed by atoms with van der Waals surface area (Å²) in [6.07, 6.45) is 42.9. The zero-order chi connectivity index (χ0) is 42.3. The number of phosphoric ester groups is 1. The van der Waals surface area contributed by atoms with Crippen LogP contribution in [0.5, 0.6) is 0 Å². The molecule has 0 aromatic heterocycles. The third-order valence-corrected chi connectivity index (χ3v) is 9.76. The minimum Gasteiger partial charge on any atom is -0.462 e. The van der Waals surface area contributed by atoms with Crippen LogP contribution in [0.4, 0.5) is 0 Å². The van der Waals surface area contributed by atoms with Crippen LogP contribution in [-0.2, 0) is 32.7 Å². The molecule has 11 heteroatoms. The van der Waals surface area contributed by atoms with Crippen LogP contribution in [0.25, 0.3) is 0 Å². The molecule has 0 aliphatic heterocycles. The number of esters is 2. The first-order chi connectivity index (χ1) is 27.4. The Bertz CT molecular complexity index is 1220. The lowest BCUT2D eigenvalue weighted by molar-refractivity contribution is -0.870. The van der Waals surface area contributed by atoms with E-state index in [-0.39, 0.29) is 32.2 Å². The Labute approximate surface area is 347 Å². The summed E-state index contributed by atoms with van der Waals surface area (Å²) in [5.41, 5.74) is 0. The smallest absolute Gasteiger partial charge is 0.462 e. The Kier molecular flexibility index (Phi) is 36.0. The highest BCUT2D eigenvalue weighted by Crippen LogP contribution is 2.43. The summed E-state index contributed by atoms with van der Waals surface area (Å²) in [5, 5.41) is 9.82. The number of hydrogen-bond donors (Lipinski definition) is 2. The molecule has 0 amide bonds. The Hall–Kier alpha value is -2.59. The zero-order valence-electron chi connectivity index (χ0n) is 36.4. The van der Waals surface area contributed by atoms with E-state index < -0.39 is 32.5 Å². The molecule has 2 N–H and O–H groups in total. The lowest BCUT2D eigenvalue weighted by atomic mass is 10.1. The van der Waals surface area contributed by atoms with E-state index in [9.17, 15) is 24.2 Å². The molecule has 0 saturated carbocycles. The number of aliphatic hydroxyl groups excluding tert-OH is 1. The van der Waals surface area contributed by atoms with Crippen LogP contribution in [-0.4, -0.2) is 86.1 Å². The molecule has 0 saturated heterocycles. The molecule has 0 aromatic carbocycles. The van der Waals surface area contributed by atoms with Crippen molar-refractivity contribution in [2.75, 3.05) is 47.5 Å². The average molecular weight is 823 g/mol. The first-order valence-corrected chi connectivity index (χ1v) is 23.2. The van der Waals surface area contributed by atoms with Crippen molar-refractivity contribution >= 4 is 19.8 Å². The summed E-state index contributed by atoms with van der Waals surface area (Å²) in [5.74, 6) is -0.910. The molecule has 57 heavy (non-hydrogen) atoms. The minimum atomic E-state index is -4.41. The van der Waals surface area contributed by atoms with Gasteiger partial charge in [0.1, 0.15) is 19.8 Å². The van der Waals surface area contributed by atoms with Gasteiger partial charge in [-0.3, -0.25) is 18.6 Å². The van der Waals surface area contributed by atoms with Crippen molar-refractivity contribution in [1.82, 2.24) is 0 Å². The molecule has 0 radical (unpaired) electrons. The Morgan fingerprint density at radius 3 is 1.72 bits per heavy atom. The summed E-state index contributed by atoms with van der Waals surface area (Å²) in [6.45, 7) is 4.12. The first kappa shape index (κ1) is 54.4. The number of unbranched alkanes of at least 4 members (excludes halogenated alkanes) is 10. The molecule has 0 bridgehead atoms. The highest BCUT2D eigenvalue weighted by Gasteiger charge is 2.27. The summed E-state index contributed by atoms with van der Waals surface area (Å²) >= 11 is 0. The number of aliphatic hydroxyl groups is 1. The molecule has 0 aromatic rings. The van der Waals surface area contributed by atoms with Gasteiger partial charge in [-0.2, -0.15) is 0 Å². The molecule has 0 fully saturated rings. The van der Waals surface area contributed by atoms with Crippen LogP contribution in [0, 0.1) is 0 Å². The second kappa shape index (κ2) is 37.7. The molecule has 328 valence electrons. The molecule has 3 atom stereocenters. The molecule has 0 aliphatic rings. The third-order valence-electron chi connectivity index (χ3n) is 8.78. The van der Waals surface area contributed by atoms with Gasteiger partial charge in [0.2, 0.25) is 0 Å². The number of nitrogens with zero attached hydrogens (tertiary/aromatic N) is 1. The van der Waals surface area contributed by atoms with Crippen molar-refractivity contribution in [3.8, 4) is 0 Å². The van der Waals surface area contributed by atoms with E-state index in [1.54, 1.807) is 0 Å². The summed E-state index contributed by atoms with van der Waals surface area (Å²) in [6, 6.07) is 0. The van der Waals surface area contributed by atoms with Crippen molar-refractivity contribution in [2.24, 2.45) is 0 Å². The van der Waals surface area contributed by atoms with Gasteiger partial charge in [0.25, 0.3) is 0 Å². The van der Waals surface area contributed by atoms with E-state index in [1.807, 2.05) is 45.4 Å². The van der Waals surface area contributed by atoms with E-state index in [4.69, 9.17) is 18.5 Å². The van der Waals surface area contributed by atoms with E-state index >= 15 is 0 Å². The lowest BCUT2D eigenvalue weighted by Crippen LogP contribution is -2.37. The van der Waals surface area contributed by atoms with Crippen molar-refractivity contribution in [3.63, 3.8) is 0 Å². The first-order valence-electron chi connectivity index (χ1n) is 21.8. The summed E-state index contributed by atoms with van der Waals surface area (Å²) in [4.78, 5) is 35.3. The van der Waals surface area contributed by atoms with Gasteiger partial charge >= 0.3 is 19.8 Å². The van der Waals surface area contributed by atoms with Crippen LogP contribution in [0.1, 0.15) is 149 Å². The van der Waals surface area contributed by atoms with Crippen LogP contribution >= 0.6 is 7.82 Å². The number of quaternary nitrogens is 1. The maximum absolute atomic E-state index is 12.7. The van der Waals surface area contributed by atoms with Crippen LogP contribution in [0.2, 0.25) is 0 Å². The standard InChI is InChI=1S/C46H80NO9P/c1-6-8-10-11-12-13-14-15-16-17-21-24-27-30-33-37-45(49)53-41-44(42-55-57(51,52)54-40-39-47(3,4)5)56-46(50)38-34-31-28-25-22-19-18-20-23-26-29-32-36-43(48)35-9-7-2/h12-13,15-16,18-19,23,25-26,28,32,36,43-44,48H,6-11,14,17,20-22,24,27,29-31,33-35,37-42H2,1-5H3/p+1/b13-12-,16-15-,19-18-,26-23-,28-25-,36-32-/t43-,44-/m1/s1. The second-order valence-corrected chi connectivity index (χ2v) is 17.0. The predicted molar refractivity (Wildman–Crippen MR) is 235 cm³/mol. The fourth-order valence-corrected chi connectivity index (χ4v) is 6.03. The number of likely N-dealkylation sites (N-methyl/N-ethyl adjacent to an activating group) is 1. The largest absolute Gasteiger partial charge is 0.472 e. The topological polar surface area (TPSA) is 129 Å². The van der Waals surface area contributed by atoms with Gasteiger partial charge in [0, 0.05) is 12.8 Å². The minimum absolute atomic E-state index is 0.00813. The number of phosphoric acid groups is 1.